The summed E-state index contributed by atoms with van der Waals surface area (Å²) in [6, 6.07) is 1.93. The lowest BCUT2D eigenvalue weighted by Gasteiger charge is -2.39. The number of ether oxygens (including phenoxy) is 1. The summed E-state index contributed by atoms with van der Waals surface area (Å²) in [6.07, 6.45) is 4.98. The first kappa shape index (κ1) is 15.3. The fourth-order valence-electron chi connectivity index (χ4n) is 2.83. The molecule has 0 aromatic carbocycles. The maximum Gasteiger partial charge on any atom is 0.137 e. The average Bonchev–Trinajstić information content (AvgIpc) is 2.42. The van der Waals surface area contributed by atoms with Crippen LogP contribution in [0.3, 0.4) is 0 Å². The highest BCUT2D eigenvalue weighted by atomic mass is 16.5. The molecular weight excluding hydrogens is 252 g/mol. The molecule has 4 nitrogen and oxygen atoms in total. The minimum Gasteiger partial charge on any atom is -0.492 e. The number of rotatable bonds is 5. The lowest BCUT2D eigenvalue weighted by atomic mass is 9.85. The molecule has 0 saturated carbocycles. The molecule has 1 aliphatic rings. The summed E-state index contributed by atoms with van der Waals surface area (Å²) >= 11 is 0. The fraction of sp³-hybridized carbons (Fsp3) is 0.688. The summed E-state index contributed by atoms with van der Waals surface area (Å²) in [4.78, 5) is 6.62. The number of pyridine rings is 1. The van der Waals surface area contributed by atoms with Gasteiger partial charge in [0.15, 0.2) is 0 Å². The van der Waals surface area contributed by atoms with Crippen molar-refractivity contribution in [3.8, 4) is 5.75 Å². The smallest absolute Gasteiger partial charge is 0.137 e. The molecule has 1 fully saturated rings. The molecule has 1 N–H and O–H groups in total. The van der Waals surface area contributed by atoms with Crippen LogP contribution in [0.15, 0.2) is 18.5 Å². The predicted molar refractivity (Wildman–Crippen MR) is 79.8 cm³/mol. The normalized spacial score (nSPS) is 19.2. The molecule has 1 saturated heterocycles. The van der Waals surface area contributed by atoms with Crippen molar-refractivity contribution < 1.29 is 9.84 Å². The van der Waals surface area contributed by atoms with E-state index in [1.54, 1.807) is 12.4 Å². The van der Waals surface area contributed by atoms with Crippen molar-refractivity contribution in [1.29, 1.82) is 0 Å². The summed E-state index contributed by atoms with van der Waals surface area (Å²) in [7, 11) is 0. The molecule has 1 aliphatic heterocycles. The van der Waals surface area contributed by atoms with Crippen molar-refractivity contribution in [3.63, 3.8) is 0 Å². The number of aromatic nitrogens is 1. The molecule has 0 amide bonds. The first-order valence-corrected chi connectivity index (χ1v) is 7.56. The monoisotopic (exact) mass is 278 g/mol. The van der Waals surface area contributed by atoms with Gasteiger partial charge in [-0.25, -0.2) is 0 Å². The van der Waals surface area contributed by atoms with Crippen molar-refractivity contribution >= 4 is 0 Å². The Hall–Kier alpha value is -1.13. The van der Waals surface area contributed by atoms with Crippen LogP contribution in [0.5, 0.6) is 5.75 Å². The summed E-state index contributed by atoms with van der Waals surface area (Å²) in [5.41, 5.74) is 0.126. The van der Waals surface area contributed by atoms with Crippen LogP contribution in [0.2, 0.25) is 0 Å². The minimum absolute atomic E-state index is 0.617. The molecule has 2 heterocycles. The zero-order valence-corrected chi connectivity index (χ0v) is 12.8. The van der Waals surface area contributed by atoms with E-state index >= 15 is 0 Å². The van der Waals surface area contributed by atoms with Gasteiger partial charge in [0, 0.05) is 31.4 Å². The Morgan fingerprint density at radius 3 is 2.65 bits per heavy atom. The van der Waals surface area contributed by atoms with Crippen LogP contribution >= 0.6 is 0 Å². The summed E-state index contributed by atoms with van der Waals surface area (Å²) < 4.78 is 5.47. The molecule has 4 heteroatoms. The molecule has 112 valence electrons. The molecular formula is C16H26N2O2. The Bertz CT molecular complexity index is 426. The number of hydrogen-bond acceptors (Lipinski definition) is 4. The molecule has 0 atom stereocenters. The summed E-state index contributed by atoms with van der Waals surface area (Å²) in [6.45, 7) is 10.0. The van der Waals surface area contributed by atoms with E-state index in [9.17, 15) is 5.11 Å². The number of nitrogens with zero attached hydrogens (tertiary/aromatic N) is 2. The van der Waals surface area contributed by atoms with E-state index in [2.05, 4.69) is 23.7 Å². The third-order valence-electron chi connectivity index (χ3n) is 3.87. The zero-order chi connectivity index (χ0) is 14.6. The van der Waals surface area contributed by atoms with Gasteiger partial charge in [0.1, 0.15) is 5.75 Å². The average molecular weight is 278 g/mol. The molecule has 1 aromatic rings. The Morgan fingerprint density at radius 2 is 2.05 bits per heavy atom. The maximum atomic E-state index is 10.9. The Kier molecular flexibility index (Phi) is 5.00. The lowest BCUT2D eigenvalue weighted by molar-refractivity contribution is -0.0283. The van der Waals surface area contributed by atoms with Gasteiger partial charge in [-0.1, -0.05) is 13.8 Å². The van der Waals surface area contributed by atoms with Crippen molar-refractivity contribution in [3.05, 3.63) is 24.0 Å². The highest BCUT2D eigenvalue weighted by Crippen LogP contribution is 2.34. The quantitative estimate of drug-likeness (QED) is 0.898. The topological polar surface area (TPSA) is 45.6 Å². The number of piperidine rings is 1. The van der Waals surface area contributed by atoms with Gasteiger partial charge in [-0.3, -0.25) is 4.98 Å². The van der Waals surface area contributed by atoms with Gasteiger partial charge in [-0.2, -0.15) is 0 Å². The van der Waals surface area contributed by atoms with E-state index in [0.717, 1.165) is 43.8 Å². The Labute approximate surface area is 121 Å². The third kappa shape index (κ3) is 3.70. The van der Waals surface area contributed by atoms with E-state index < -0.39 is 5.60 Å². The minimum atomic E-state index is -0.756. The molecule has 0 radical (unpaired) electrons. The molecule has 20 heavy (non-hydrogen) atoms. The number of likely N-dealkylation sites (tertiary alicyclic amines) is 1. The second-order valence-corrected chi connectivity index (χ2v) is 6.07. The van der Waals surface area contributed by atoms with Gasteiger partial charge in [-0.05, 0) is 31.7 Å². The van der Waals surface area contributed by atoms with Crippen molar-refractivity contribution in [2.45, 2.75) is 39.2 Å². The van der Waals surface area contributed by atoms with E-state index in [1.165, 1.54) is 0 Å². The molecule has 0 aliphatic carbocycles. The predicted octanol–water partition coefficient (Wildman–Crippen LogP) is 2.42. The van der Waals surface area contributed by atoms with Gasteiger partial charge in [-0.15, -0.1) is 0 Å². The standard InChI is InChI=1S/C16H26N2O2/c1-4-20-15-9-14(10-17-11-15)16(19)5-7-18(8-6-16)12-13(2)3/h9-11,13,19H,4-8,12H2,1-3H3. The second-order valence-electron chi connectivity index (χ2n) is 6.07. The van der Waals surface area contributed by atoms with E-state index in [-0.39, 0.29) is 0 Å². The largest absolute Gasteiger partial charge is 0.492 e. The maximum absolute atomic E-state index is 10.9. The number of hydrogen-bond donors (Lipinski definition) is 1. The Balaban J connectivity index is 2.03. The highest BCUT2D eigenvalue weighted by Gasteiger charge is 2.34. The second kappa shape index (κ2) is 6.55. The van der Waals surface area contributed by atoms with Crippen LogP contribution in [0.25, 0.3) is 0 Å². The van der Waals surface area contributed by atoms with Gasteiger partial charge >= 0.3 is 0 Å². The molecule has 0 bridgehead atoms. The van der Waals surface area contributed by atoms with Crippen molar-refractivity contribution in [2.75, 3.05) is 26.2 Å². The van der Waals surface area contributed by atoms with Gasteiger partial charge in [0.05, 0.1) is 18.4 Å². The van der Waals surface area contributed by atoms with Crippen LogP contribution in [-0.2, 0) is 5.60 Å². The van der Waals surface area contributed by atoms with Crippen molar-refractivity contribution in [1.82, 2.24) is 9.88 Å². The van der Waals surface area contributed by atoms with Gasteiger partial charge < -0.3 is 14.7 Å². The fourth-order valence-corrected chi connectivity index (χ4v) is 2.83. The van der Waals surface area contributed by atoms with E-state index in [4.69, 9.17) is 4.74 Å². The first-order chi connectivity index (χ1) is 9.53. The molecule has 0 spiro atoms. The van der Waals surface area contributed by atoms with Crippen LogP contribution < -0.4 is 4.74 Å². The van der Waals surface area contributed by atoms with Crippen LogP contribution in [-0.4, -0.2) is 41.2 Å². The van der Waals surface area contributed by atoms with Gasteiger partial charge in [0.25, 0.3) is 0 Å². The molecule has 1 aromatic heterocycles. The Morgan fingerprint density at radius 1 is 1.35 bits per heavy atom. The van der Waals surface area contributed by atoms with Crippen LogP contribution in [0.1, 0.15) is 39.2 Å². The highest BCUT2D eigenvalue weighted by molar-refractivity contribution is 5.28. The van der Waals surface area contributed by atoms with Gasteiger partial charge in [0.2, 0.25) is 0 Å². The zero-order valence-electron chi connectivity index (χ0n) is 12.8. The summed E-state index contributed by atoms with van der Waals surface area (Å²) in [5.74, 6) is 1.41. The number of aliphatic hydroxyl groups is 1. The molecule has 0 unspecified atom stereocenters. The SMILES string of the molecule is CCOc1cncc(C2(O)CCN(CC(C)C)CC2)c1. The van der Waals surface area contributed by atoms with E-state index in [1.807, 2.05) is 13.0 Å². The van der Waals surface area contributed by atoms with Crippen molar-refractivity contribution in [2.24, 2.45) is 5.92 Å². The summed E-state index contributed by atoms with van der Waals surface area (Å²) in [5, 5.41) is 10.9. The van der Waals surface area contributed by atoms with Crippen LogP contribution in [0.4, 0.5) is 0 Å². The third-order valence-corrected chi connectivity index (χ3v) is 3.87. The lowest BCUT2D eigenvalue weighted by Crippen LogP contribution is -2.43. The molecule has 2 rings (SSSR count). The van der Waals surface area contributed by atoms with E-state index in [0.29, 0.717) is 12.5 Å². The van der Waals surface area contributed by atoms with Crippen LogP contribution in [0, 0.1) is 5.92 Å². The first-order valence-electron chi connectivity index (χ1n) is 7.56.